The third-order valence-corrected chi connectivity index (χ3v) is 12.2. The minimum Gasteiger partial charge on any atom is -0.462 e. The number of esters is 3. The molecule has 0 heterocycles. The van der Waals surface area contributed by atoms with Gasteiger partial charge in [-0.1, -0.05) is 251 Å². The summed E-state index contributed by atoms with van der Waals surface area (Å²) < 4.78 is 16.8. The average Bonchev–Trinajstić information content (AvgIpc) is 3.38. The lowest BCUT2D eigenvalue weighted by Gasteiger charge is -2.18. The van der Waals surface area contributed by atoms with Crippen LogP contribution in [-0.4, -0.2) is 37.2 Å². The monoisotopic (exact) mass is 997 g/mol. The first-order valence-corrected chi connectivity index (χ1v) is 29.5. The molecule has 0 fully saturated rings. The van der Waals surface area contributed by atoms with Crippen LogP contribution in [0.4, 0.5) is 0 Å². The molecule has 408 valence electrons. The smallest absolute Gasteiger partial charge is 0.306 e. The maximum absolute atomic E-state index is 12.8. The van der Waals surface area contributed by atoms with Crippen LogP contribution >= 0.6 is 0 Å². The highest BCUT2D eigenvalue weighted by molar-refractivity contribution is 5.71. The van der Waals surface area contributed by atoms with Gasteiger partial charge >= 0.3 is 17.9 Å². The molecule has 0 aliphatic carbocycles. The molecule has 0 bridgehead atoms. The van der Waals surface area contributed by atoms with Crippen molar-refractivity contribution in [2.45, 2.75) is 264 Å². The summed E-state index contributed by atoms with van der Waals surface area (Å²) in [5, 5.41) is 0. The number of unbranched alkanes of at least 4 members (excludes halogenated alkanes) is 21. The normalized spacial score (nSPS) is 13.0. The van der Waals surface area contributed by atoms with Crippen molar-refractivity contribution in [3.63, 3.8) is 0 Å². The summed E-state index contributed by atoms with van der Waals surface area (Å²) in [6, 6.07) is 0. The molecule has 72 heavy (non-hydrogen) atoms. The Kier molecular flexibility index (Phi) is 55.9. The maximum Gasteiger partial charge on any atom is 0.306 e. The van der Waals surface area contributed by atoms with E-state index in [-0.39, 0.29) is 31.1 Å². The van der Waals surface area contributed by atoms with Crippen LogP contribution in [0.5, 0.6) is 0 Å². The van der Waals surface area contributed by atoms with Crippen LogP contribution in [0.3, 0.4) is 0 Å². The van der Waals surface area contributed by atoms with E-state index in [0.717, 1.165) is 135 Å². The highest BCUT2D eigenvalue weighted by atomic mass is 16.6. The highest BCUT2D eigenvalue weighted by Gasteiger charge is 2.19. The lowest BCUT2D eigenvalue weighted by Crippen LogP contribution is -2.30. The Morgan fingerprint density at radius 2 is 0.542 bits per heavy atom. The van der Waals surface area contributed by atoms with Gasteiger partial charge in [0.2, 0.25) is 0 Å². The zero-order valence-corrected chi connectivity index (χ0v) is 46.7. The lowest BCUT2D eigenvalue weighted by atomic mass is 10.1. The molecular formula is C66H108O6. The molecule has 1 unspecified atom stereocenters. The van der Waals surface area contributed by atoms with E-state index in [9.17, 15) is 14.4 Å². The molecule has 0 spiro atoms. The Morgan fingerprint density at radius 3 is 0.847 bits per heavy atom. The van der Waals surface area contributed by atoms with Gasteiger partial charge in [-0.15, -0.1) is 0 Å². The minimum atomic E-state index is -0.793. The average molecular weight is 998 g/mol. The number of allylic oxidation sites excluding steroid dienone is 20. The summed E-state index contributed by atoms with van der Waals surface area (Å²) in [6.45, 7) is 6.36. The molecule has 6 nitrogen and oxygen atoms in total. The Hall–Kier alpha value is -4.19. The molecule has 0 aromatic carbocycles. The van der Waals surface area contributed by atoms with Crippen LogP contribution < -0.4 is 0 Å². The van der Waals surface area contributed by atoms with Gasteiger partial charge in [-0.2, -0.15) is 0 Å². The van der Waals surface area contributed by atoms with Gasteiger partial charge in [0.25, 0.3) is 0 Å². The number of ether oxygens (including phenoxy) is 3. The van der Waals surface area contributed by atoms with E-state index in [2.05, 4.69) is 142 Å². The predicted octanol–water partition coefficient (Wildman–Crippen LogP) is 20.0. The van der Waals surface area contributed by atoms with Crippen LogP contribution in [0, 0.1) is 0 Å². The van der Waals surface area contributed by atoms with Crippen molar-refractivity contribution in [3.05, 3.63) is 122 Å². The van der Waals surface area contributed by atoms with Crippen LogP contribution in [0.15, 0.2) is 122 Å². The summed E-state index contributed by atoms with van der Waals surface area (Å²) in [5.74, 6) is -0.924. The molecule has 0 saturated carbocycles. The quantitative estimate of drug-likeness (QED) is 0.0261. The largest absolute Gasteiger partial charge is 0.462 e. The molecule has 0 radical (unpaired) electrons. The van der Waals surface area contributed by atoms with Crippen molar-refractivity contribution >= 4 is 17.9 Å². The van der Waals surface area contributed by atoms with Crippen molar-refractivity contribution in [1.29, 1.82) is 0 Å². The van der Waals surface area contributed by atoms with Gasteiger partial charge in [-0.05, 0) is 109 Å². The van der Waals surface area contributed by atoms with Crippen molar-refractivity contribution < 1.29 is 28.6 Å². The van der Waals surface area contributed by atoms with E-state index in [1.54, 1.807) is 0 Å². The van der Waals surface area contributed by atoms with Gasteiger partial charge in [0.05, 0.1) is 0 Å². The first kappa shape index (κ1) is 67.8. The predicted molar refractivity (Wildman–Crippen MR) is 311 cm³/mol. The lowest BCUT2D eigenvalue weighted by molar-refractivity contribution is -0.167. The number of carbonyl (C=O) groups is 3. The summed E-state index contributed by atoms with van der Waals surface area (Å²) in [6.07, 6.45) is 82.1. The minimum absolute atomic E-state index is 0.0901. The van der Waals surface area contributed by atoms with Crippen molar-refractivity contribution in [2.75, 3.05) is 13.2 Å². The fraction of sp³-hybridized carbons (Fsp3) is 0.652. The number of hydrogen-bond donors (Lipinski definition) is 0. The Balaban J connectivity index is 4.23. The van der Waals surface area contributed by atoms with E-state index in [0.29, 0.717) is 19.3 Å². The van der Waals surface area contributed by atoms with Crippen molar-refractivity contribution in [1.82, 2.24) is 0 Å². The zero-order chi connectivity index (χ0) is 52.2. The number of hydrogen-bond acceptors (Lipinski definition) is 6. The second-order valence-electron chi connectivity index (χ2n) is 19.1. The fourth-order valence-electron chi connectivity index (χ4n) is 7.85. The SMILES string of the molecule is CC/C=C\C/C=C\C/C=C\C/C=C\C/C=C\C/C=C\CCCCCCCCCCCCC(=O)OCC(COC(=O)CCCCCCCCCC)OC(=O)CCCCCC/C=C\C/C=C\C/C=C\C/C=C\CC. The zero-order valence-electron chi connectivity index (χ0n) is 46.7. The van der Waals surface area contributed by atoms with Crippen LogP contribution in [-0.2, 0) is 28.6 Å². The molecular weight excluding hydrogens is 889 g/mol. The third kappa shape index (κ3) is 56.7. The van der Waals surface area contributed by atoms with Gasteiger partial charge in [0, 0.05) is 19.3 Å². The Morgan fingerprint density at radius 1 is 0.292 bits per heavy atom. The highest BCUT2D eigenvalue weighted by Crippen LogP contribution is 2.15. The second-order valence-corrected chi connectivity index (χ2v) is 19.1. The summed E-state index contributed by atoms with van der Waals surface area (Å²) in [5.41, 5.74) is 0. The van der Waals surface area contributed by atoms with E-state index < -0.39 is 6.10 Å². The standard InChI is InChI=1S/C66H108O6/c1-4-7-10-13-16-19-21-23-25-27-28-29-30-31-32-33-34-35-36-37-38-40-41-43-45-47-50-53-56-59-65(68)71-62-63(61-70-64(67)58-55-52-49-18-15-12-9-6-3)72-66(69)60-57-54-51-48-46-44-42-39-26-24-22-20-17-14-11-8-5-2/h7-8,10-11,16-17,19-20,23-26,28-29,31-32,34-35,42,44,63H,4-6,9,12-15,18,21-22,27,30,33,36-41,43,45-62H2,1-3H3/b10-7-,11-8-,19-16-,20-17-,25-23-,26-24-,29-28-,32-31-,35-34-,44-42-. The summed E-state index contributed by atoms with van der Waals surface area (Å²) in [4.78, 5) is 38.0. The molecule has 6 heteroatoms. The van der Waals surface area contributed by atoms with Crippen LogP contribution in [0.25, 0.3) is 0 Å². The third-order valence-electron chi connectivity index (χ3n) is 12.2. The summed E-state index contributed by atoms with van der Waals surface area (Å²) >= 11 is 0. The Labute approximate surface area is 443 Å². The van der Waals surface area contributed by atoms with E-state index in [4.69, 9.17) is 14.2 Å². The van der Waals surface area contributed by atoms with Gasteiger partial charge in [-0.3, -0.25) is 14.4 Å². The summed E-state index contributed by atoms with van der Waals surface area (Å²) in [7, 11) is 0. The van der Waals surface area contributed by atoms with Crippen molar-refractivity contribution in [3.8, 4) is 0 Å². The molecule has 0 saturated heterocycles. The van der Waals surface area contributed by atoms with Crippen LogP contribution in [0.1, 0.15) is 258 Å². The van der Waals surface area contributed by atoms with E-state index >= 15 is 0 Å². The molecule has 0 amide bonds. The number of rotatable bonds is 52. The fourth-order valence-corrected chi connectivity index (χ4v) is 7.85. The van der Waals surface area contributed by atoms with Crippen molar-refractivity contribution in [2.24, 2.45) is 0 Å². The molecule has 0 aromatic heterocycles. The van der Waals surface area contributed by atoms with Gasteiger partial charge in [0.1, 0.15) is 13.2 Å². The Bertz CT molecular complexity index is 1520. The second kappa shape index (κ2) is 59.4. The van der Waals surface area contributed by atoms with Crippen LogP contribution in [0.2, 0.25) is 0 Å². The van der Waals surface area contributed by atoms with E-state index in [1.807, 2.05) is 0 Å². The number of carbonyl (C=O) groups excluding carboxylic acids is 3. The molecule has 0 aromatic rings. The molecule has 0 aliphatic heterocycles. The van der Waals surface area contributed by atoms with Gasteiger partial charge in [-0.25, -0.2) is 0 Å². The molecule has 0 N–H and O–H groups in total. The maximum atomic E-state index is 12.8. The molecule has 0 rings (SSSR count). The van der Waals surface area contributed by atoms with E-state index in [1.165, 1.54) is 83.5 Å². The first-order chi connectivity index (χ1) is 35.5. The van der Waals surface area contributed by atoms with Gasteiger partial charge in [0.15, 0.2) is 6.10 Å². The molecule has 1 atom stereocenters. The van der Waals surface area contributed by atoms with Gasteiger partial charge < -0.3 is 14.2 Å². The topological polar surface area (TPSA) is 78.9 Å². The molecule has 0 aliphatic rings. The first-order valence-electron chi connectivity index (χ1n) is 29.5.